The summed E-state index contributed by atoms with van der Waals surface area (Å²) in [5.74, 6) is -1.52. The first kappa shape index (κ1) is 21.5. The first-order valence-electron chi connectivity index (χ1n) is 9.19. The number of fused-ring (bicyclic) bond motifs is 1. The Bertz CT molecular complexity index is 1040. The SMILES string of the molecule is COCCCN1C(=O)c2ccc(C(=O)Nc3ccc(NC(C)=O)c(Cl)c3)cc2C1=O. The first-order valence-corrected chi connectivity index (χ1v) is 9.57. The lowest BCUT2D eigenvalue weighted by atomic mass is 10.1. The van der Waals surface area contributed by atoms with Crippen LogP contribution in [0.5, 0.6) is 0 Å². The van der Waals surface area contributed by atoms with E-state index in [2.05, 4.69) is 10.6 Å². The van der Waals surface area contributed by atoms with Crippen molar-refractivity contribution in [2.24, 2.45) is 0 Å². The summed E-state index contributed by atoms with van der Waals surface area (Å²) < 4.78 is 4.96. The molecule has 1 heterocycles. The summed E-state index contributed by atoms with van der Waals surface area (Å²) in [4.78, 5) is 50.0. The Morgan fingerprint density at radius 2 is 1.77 bits per heavy atom. The second-order valence-corrected chi connectivity index (χ2v) is 7.11. The molecule has 0 unspecified atom stereocenters. The number of carbonyl (C=O) groups excluding carboxylic acids is 4. The maximum atomic E-state index is 12.6. The summed E-state index contributed by atoms with van der Waals surface area (Å²) >= 11 is 6.12. The maximum absolute atomic E-state index is 12.6. The maximum Gasteiger partial charge on any atom is 0.261 e. The molecule has 0 saturated heterocycles. The largest absolute Gasteiger partial charge is 0.385 e. The molecule has 8 nitrogen and oxygen atoms in total. The van der Waals surface area contributed by atoms with Gasteiger partial charge in [0.2, 0.25) is 5.91 Å². The average molecular weight is 430 g/mol. The van der Waals surface area contributed by atoms with Gasteiger partial charge in [-0.05, 0) is 42.8 Å². The Labute approximate surface area is 178 Å². The molecule has 0 aromatic heterocycles. The van der Waals surface area contributed by atoms with Crippen LogP contribution in [0.25, 0.3) is 0 Å². The van der Waals surface area contributed by atoms with Gasteiger partial charge in [0, 0.05) is 38.4 Å². The standard InChI is InChI=1S/C21H20ClN3O5/c1-12(26)23-18-7-5-14(11-17(18)22)24-19(27)13-4-6-15-16(10-13)21(29)25(20(15)28)8-3-9-30-2/h4-7,10-11H,3,8-9H2,1-2H3,(H,23,26)(H,24,27). The van der Waals surface area contributed by atoms with Gasteiger partial charge < -0.3 is 15.4 Å². The molecule has 1 aliphatic rings. The van der Waals surface area contributed by atoms with E-state index < -0.39 is 11.8 Å². The Morgan fingerprint density at radius 1 is 1.03 bits per heavy atom. The lowest BCUT2D eigenvalue weighted by Gasteiger charge is -2.12. The van der Waals surface area contributed by atoms with Crippen LogP contribution in [0.15, 0.2) is 36.4 Å². The highest BCUT2D eigenvalue weighted by molar-refractivity contribution is 6.34. The summed E-state index contributed by atoms with van der Waals surface area (Å²) in [5, 5.41) is 5.53. The van der Waals surface area contributed by atoms with E-state index in [4.69, 9.17) is 16.3 Å². The average Bonchev–Trinajstić information content (AvgIpc) is 2.94. The topological polar surface area (TPSA) is 105 Å². The molecular formula is C21H20ClN3O5. The number of benzene rings is 2. The van der Waals surface area contributed by atoms with Gasteiger partial charge in [0.05, 0.1) is 21.8 Å². The number of nitrogens with one attached hydrogen (secondary N) is 2. The van der Waals surface area contributed by atoms with E-state index in [1.165, 1.54) is 31.2 Å². The molecule has 1 aliphatic heterocycles. The van der Waals surface area contributed by atoms with Gasteiger partial charge in [0.15, 0.2) is 0 Å². The van der Waals surface area contributed by atoms with Gasteiger partial charge in [-0.15, -0.1) is 0 Å². The van der Waals surface area contributed by atoms with Gasteiger partial charge in [0.25, 0.3) is 17.7 Å². The Morgan fingerprint density at radius 3 is 2.43 bits per heavy atom. The number of hydrogen-bond donors (Lipinski definition) is 2. The Balaban J connectivity index is 1.75. The van der Waals surface area contributed by atoms with E-state index in [0.29, 0.717) is 24.4 Å². The molecule has 9 heteroatoms. The normalized spacial score (nSPS) is 12.7. The number of carbonyl (C=O) groups is 4. The van der Waals surface area contributed by atoms with E-state index in [-0.39, 0.29) is 40.1 Å². The van der Waals surface area contributed by atoms with Crippen molar-refractivity contribution in [2.75, 3.05) is 30.9 Å². The van der Waals surface area contributed by atoms with E-state index >= 15 is 0 Å². The van der Waals surface area contributed by atoms with Gasteiger partial charge >= 0.3 is 0 Å². The minimum atomic E-state index is -0.459. The number of ether oxygens (including phenoxy) is 1. The molecule has 156 valence electrons. The van der Waals surface area contributed by atoms with Crippen molar-refractivity contribution >= 4 is 46.6 Å². The number of methoxy groups -OCH3 is 1. The number of nitrogens with zero attached hydrogens (tertiary/aromatic N) is 1. The van der Waals surface area contributed by atoms with Crippen molar-refractivity contribution in [1.29, 1.82) is 0 Å². The number of halogens is 1. The summed E-state index contributed by atoms with van der Waals surface area (Å²) in [5.41, 5.74) is 1.55. The third-order valence-corrected chi connectivity index (χ3v) is 4.81. The van der Waals surface area contributed by atoms with Crippen LogP contribution in [-0.4, -0.2) is 48.8 Å². The minimum absolute atomic E-state index is 0.198. The molecule has 2 aromatic rings. The van der Waals surface area contributed by atoms with Crippen molar-refractivity contribution in [3.8, 4) is 0 Å². The minimum Gasteiger partial charge on any atom is -0.385 e. The number of anilines is 2. The second kappa shape index (κ2) is 9.06. The zero-order chi connectivity index (χ0) is 21.8. The quantitative estimate of drug-likeness (QED) is 0.519. The predicted octanol–water partition coefficient (Wildman–Crippen LogP) is 3.18. The number of rotatable bonds is 7. The zero-order valence-electron chi connectivity index (χ0n) is 16.5. The molecule has 30 heavy (non-hydrogen) atoms. The first-order chi connectivity index (χ1) is 14.3. The van der Waals surface area contributed by atoms with Gasteiger partial charge in [-0.25, -0.2) is 0 Å². The van der Waals surface area contributed by atoms with E-state index in [1.54, 1.807) is 19.2 Å². The van der Waals surface area contributed by atoms with Crippen LogP contribution < -0.4 is 10.6 Å². The highest BCUT2D eigenvalue weighted by Gasteiger charge is 2.35. The van der Waals surface area contributed by atoms with Crippen LogP contribution in [0, 0.1) is 0 Å². The van der Waals surface area contributed by atoms with Crippen LogP contribution in [0.2, 0.25) is 5.02 Å². The molecule has 4 amide bonds. The van der Waals surface area contributed by atoms with Crippen molar-refractivity contribution in [2.45, 2.75) is 13.3 Å². The van der Waals surface area contributed by atoms with E-state index in [9.17, 15) is 19.2 Å². The molecule has 0 bridgehead atoms. The van der Waals surface area contributed by atoms with Crippen LogP contribution >= 0.6 is 11.6 Å². The summed E-state index contributed by atoms with van der Waals surface area (Å²) in [6.07, 6.45) is 0.532. The zero-order valence-corrected chi connectivity index (χ0v) is 17.2. The molecule has 2 N–H and O–H groups in total. The fourth-order valence-electron chi connectivity index (χ4n) is 3.09. The van der Waals surface area contributed by atoms with Crippen molar-refractivity contribution in [3.05, 3.63) is 58.1 Å². The van der Waals surface area contributed by atoms with Gasteiger partial charge in [0.1, 0.15) is 0 Å². The fraction of sp³-hybridized carbons (Fsp3) is 0.238. The second-order valence-electron chi connectivity index (χ2n) is 6.70. The number of imide groups is 1. The van der Waals surface area contributed by atoms with Gasteiger partial charge in [-0.3, -0.25) is 24.1 Å². The highest BCUT2D eigenvalue weighted by Crippen LogP contribution is 2.27. The summed E-state index contributed by atoms with van der Waals surface area (Å²) in [7, 11) is 1.55. The van der Waals surface area contributed by atoms with Gasteiger partial charge in [-0.1, -0.05) is 11.6 Å². The summed E-state index contributed by atoms with van der Waals surface area (Å²) in [6, 6.07) is 9.05. The number of amides is 4. The fourth-order valence-corrected chi connectivity index (χ4v) is 3.32. The highest BCUT2D eigenvalue weighted by atomic mass is 35.5. The van der Waals surface area contributed by atoms with Crippen molar-refractivity contribution in [3.63, 3.8) is 0 Å². The smallest absolute Gasteiger partial charge is 0.261 e. The molecule has 0 fully saturated rings. The van der Waals surface area contributed by atoms with Crippen LogP contribution in [-0.2, 0) is 9.53 Å². The molecule has 0 radical (unpaired) electrons. The molecule has 0 atom stereocenters. The van der Waals surface area contributed by atoms with Crippen LogP contribution in [0.3, 0.4) is 0 Å². The summed E-state index contributed by atoms with van der Waals surface area (Å²) in [6.45, 7) is 2.05. The molecular weight excluding hydrogens is 410 g/mol. The van der Waals surface area contributed by atoms with Crippen molar-refractivity contribution < 1.29 is 23.9 Å². The van der Waals surface area contributed by atoms with E-state index in [1.807, 2.05) is 0 Å². The van der Waals surface area contributed by atoms with Crippen LogP contribution in [0.1, 0.15) is 44.4 Å². The molecule has 0 spiro atoms. The van der Waals surface area contributed by atoms with Crippen molar-refractivity contribution in [1.82, 2.24) is 4.90 Å². The molecule has 3 rings (SSSR count). The third-order valence-electron chi connectivity index (χ3n) is 4.50. The number of hydrogen-bond acceptors (Lipinski definition) is 5. The van der Waals surface area contributed by atoms with Crippen LogP contribution in [0.4, 0.5) is 11.4 Å². The Hall–Kier alpha value is -3.23. The molecule has 0 saturated carbocycles. The molecule has 2 aromatic carbocycles. The molecule has 0 aliphatic carbocycles. The monoisotopic (exact) mass is 429 g/mol. The lowest BCUT2D eigenvalue weighted by Crippen LogP contribution is -2.31. The predicted molar refractivity (Wildman–Crippen MR) is 112 cm³/mol. The lowest BCUT2D eigenvalue weighted by molar-refractivity contribution is -0.114. The Kier molecular flexibility index (Phi) is 6.49. The third kappa shape index (κ3) is 4.50. The van der Waals surface area contributed by atoms with Gasteiger partial charge in [-0.2, -0.15) is 0 Å². The van der Waals surface area contributed by atoms with E-state index in [0.717, 1.165) is 4.90 Å².